The number of benzene rings is 2. The fraction of sp³-hybridized carbons (Fsp3) is 0.294. The van der Waals surface area contributed by atoms with E-state index in [-0.39, 0.29) is 0 Å². The van der Waals surface area contributed by atoms with E-state index in [1.165, 1.54) is 11.3 Å². The Balaban J connectivity index is 1.98. The predicted molar refractivity (Wildman–Crippen MR) is 78.6 cm³/mol. The standard InChI is InChI=1S/C17H19NO/c1-2-18(13-7-4-3-5-8-13)16-12-11-15-14(16)9-6-10-17(15)19/h3-10,16,19H,2,11-12H2,1H3. The highest BCUT2D eigenvalue weighted by atomic mass is 16.3. The summed E-state index contributed by atoms with van der Waals surface area (Å²) in [6.45, 7) is 3.16. The van der Waals surface area contributed by atoms with Crippen molar-refractivity contribution in [2.24, 2.45) is 0 Å². The number of hydrogen-bond acceptors (Lipinski definition) is 2. The second-order valence-electron chi connectivity index (χ2n) is 5.02. The minimum Gasteiger partial charge on any atom is -0.508 e. The molecule has 0 aliphatic heterocycles. The van der Waals surface area contributed by atoms with E-state index in [1.54, 1.807) is 6.07 Å². The lowest BCUT2D eigenvalue weighted by Crippen LogP contribution is -2.26. The van der Waals surface area contributed by atoms with Crippen molar-refractivity contribution in [3.8, 4) is 5.75 Å². The maximum atomic E-state index is 9.96. The van der Waals surface area contributed by atoms with E-state index in [2.05, 4.69) is 42.2 Å². The van der Waals surface area contributed by atoms with E-state index in [1.807, 2.05) is 12.1 Å². The summed E-state index contributed by atoms with van der Waals surface area (Å²) in [6.07, 6.45) is 2.05. The van der Waals surface area contributed by atoms with Crippen LogP contribution in [-0.4, -0.2) is 11.7 Å². The second-order valence-corrected chi connectivity index (χ2v) is 5.02. The molecule has 0 radical (unpaired) electrons. The van der Waals surface area contributed by atoms with Gasteiger partial charge in [0.25, 0.3) is 0 Å². The van der Waals surface area contributed by atoms with Crippen molar-refractivity contribution >= 4 is 5.69 Å². The SMILES string of the molecule is CCN(c1ccccc1)C1CCc2c(O)cccc21. The van der Waals surface area contributed by atoms with Gasteiger partial charge in [0.15, 0.2) is 0 Å². The van der Waals surface area contributed by atoms with Crippen LogP contribution in [0, 0.1) is 0 Å². The van der Waals surface area contributed by atoms with Gasteiger partial charge in [0.05, 0.1) is 6.04 Å². The van der Waals surface area contributed by atoms with E-state index in [0.29, 0.717) is 11.8 Å². The molecule has 2 aromatic rings. The molecule has 1 unspecified atom stereocenters. The minimum atomic E-state index is 0.384. The number of anilines is 1. The summed E-state index contributed by atoms with van der Waals surface area (Å²) in [7, 11) is 0. The van der Waals surface area contributed by atoms with Gasteiger partial charge in [-0.05, 0) is 49.1 Å². The summed E-state index contributed by atoms with van der Waals surface area (Å²) in [5, 5.41) is 9.96. The van der Waals surface area contributed by atoms with Crippen molar-refractivity contribution in [2.45, 2.75) is 25.8 Å². The van der Waals surface area contributed by atoms with Crippen LogP contribution in [0.15, 0.2) is 48.5 Å². The Bertz CT molecular complexity index is 565. The molecule has 3 rings (SSSR count). The van der Waals surface area contributed by atoms with Crippen molar-refractivity contribution in [1.29, 1.82) is 0 Å². The molecule has 2 aromatic carbocycles. The molecule has 0 aromatic heterocycles. The van der Waals surface area contributed by atoms with Gasteiger partial charge >= 0.3 is 0 Å². The molecule has 0 spiro atoms. The van der Waals surface area contributed by atoms with Gasteiger partial charge in [0.2, 0.25) is 0 Å². The van der Waals surface area contributed by atoms with Crippen LogP contribution in [0.1, 0.15) is 30.5 Å². The third-order valence-corrected chi connectivity index (χ3v) is 4.02. The molecule has 2 nitrogen and oxygen atoms in total. The number of nitrogens with zero attached hydrogens (tertiary/aromatic N) is 1. The third kappa shape index (κ3) is 2.07. The monoisotopic (exact) mass is 253 g/mol. The molecule has 1 atom stereocenters. The van der Waals surface area contributed by atoms with Crippen molar-refractivity contribution in [2.75, 3.05) is 11.4 Å². The van der Waals surface area contributed by atoms with Gasteiger partial charge in [-0.1, -0.05) is 30.3 Å². The van der Waals surface area contributed by atoms with Crippen LogP contribution >= 0.6 is 0 Å². The Morgan fingerprint density at radius 1 is 1.11 bits per heavy atom. The van der Waals surface area contributed by atoms with Gasteiger partial charge in [0, 0.05) is 12.2 Å². The van der Waals surface area contributed by atoms with Crippen LogP contribution in [0.2, 0.25) is 0 Å². The van der Waals surface area contributed by atoms with Gasteiger partial charge in [-0.15, -0.1) is 0 Å². The average Bonchev–Trinajstić information content (AvgIpc) is 2.87. The molecule has 1 aliphatic carbocycles. The molecule has 0 heterocycles. The maximum Gasteiger partial charge on any atom is 0.119 e. The summed E-state index contributed by atoms with van der Waals surface area (Å²) >= 11 is 0. The number of rotatable bonds is 3. The number of para-hydroxylation sites is 1. The predicted octanol–water partition coefficient (Wildman–Crippen LogP) is 3.91. The molecular weight excluding hydrogens is 234 g/mol. The minimum absolute atomic E-state index is 0.384. The second kappa shape index (κ2) is 4.96. The molecule has 1 aliphatic rings. The van der Waals surface area contributed by atoms with Crippen molar-refractivity contribution < 1.29 is 5.11 Å². The Morgan fingerprint density at radius 2 is 1.89 bits per heavy atom. The molecule has 98 valence electrons. The van der Waals surface area contributed by atoms with E-state index in [0.717, 1.165) is 24.9 Å². The molecule has 1 N–H and O–H groups in total. The molecule has 19 heavy (non-hydrogen) atoms. The van der Waals surface area contributed by atoms with Crippen LogP contribution in [0.4, 0.5) is 5.69 Å². The molecular formula is C17H19NO. The smallest absolute Gasteiger partial charge is 0.119 e. The lowest BCUT2D eigenvalue weighted by molar-refractivity contribution is 0.469. The van der Waals surface area contributed by atoms with Crippen LogP contribution in [0.25, 0.3) is 0 Å². The highest BCUT2D eigenvalue weighted by Gasteiger charge is 2.28. The van der Waals surface area contributed by atoms with Crippen molar-refractivity contribution in [3.05, 3.63) is 59.7 Å². The van der Waals surface area contributed by atoms with Crippen molar-refractivity contribution in [3.63, 3.8) is 0 Å². The van der Waals surface area contributed by atoms with Gasteiger partial charge in [-0.25, -0.2) is 0 Å². The van der Waals surface area contributed by atoms with Gasteiger partial charge in [-0.3, -0.25) is 0 Å². The normalized spacial score (nSPS) is 17.2. The zero-order chi connectivity index (χ0) is 13.2. The average molecular weight is 253 g/mol. The Morgan fingerprint density at radius 3 is 2.63 bits per heavy atom. The highest BCUT2D eigenvalue weighted by Crippen LogP contribution is 2.41. The number of phenolic OH excluding ortho intramolecular Hbond substituents is 1. The zero-order valence-electron chi connectivity index (χ0n) is 11.2. The van der Waals surface area contributed by atoms with E-state index < -0.39 is 0 Å². The zero-order valence-corrected chi connectivity index (χ0v) is 11.2. The third-order valence-electron chi connectivity index (χ3n) is 4.02. The van der Waals surface area contributed by atoms with Crippen molar-refractivity contribution in [1.82, 2.24) is 0 Å². The lowest BCUT2D eigenvalue weighted by Gasteiger charge is -2.30. The Labute approximate surface area is 114 Å². The summed E-state index contributed by atoms with van der Waals surface area (Å²) in [5.74, 6) is 0.448. The number of phenols is 1. The van der Waals surface area contributed by atoms with Crippen LogP contribution in [0.5, 0.6) is 5.75 Å². The first kappa shape index (κ1) is 12.1. The first-order valence-electron chi connectivity index (χ1n) is 6.93. The number of aromatic hydroxyl groups is 1. The van der Waals surface area contributed by atoms with Crippen LogP contribution in [0.3, 0.4) is 0 Å². The Hall–Kier alpha value is -1.96. The van der Waals surface area contributed by atoms with Crippen LogP contribution < -0.4 is 4.90 Å². The fourth-order valence-electron chi connectivity index (χ4n) is 3.14. The maximum absolute atomic E-state index is 9.96. The molecule has 0 bridgehead atoms. The van der Waals surface area contributed by atoms with E-state index in [4.69, 9.17) is 0 Å². The van der Waals surface area contributed by atoms with Gasteiger partial charge < -0.3 is 10.0 Å². The Kier molecular flexibility index (Phi) is 3.16. The quantitative estimate of drug-likeness (QED) is 0.896. The summed E-state index contributed by atoms with van der Waals surface area (Å²) in [5.41, 5.74) is 3.67. The molecule has 2 heteroatoms. The summed E-state index contributed by atoms with van der Waals surface area (Å²) in [6, 6.07) is 16.8. The highest BCUT2D eigenvalue weighted by molar-refractivity contribution is 5.53. The largest absolute Gasteiger partial charge is 0.508 e. The first-order valence-corrected chi connectivity index (χ1v) is 6.93. The molecule has 0 amide bonds. The number of fused-ring (bicyclic) bond motifs is 1. The van der Waals surface area contributed by atoms with Gasteiger partial charge in [0.1, 0.15) is 5.75 Å². The van der Waals surface area contributed by atoms with E-state index >= 15 is 0 Å². The molecule has 0 saturated heterocycles. The summed E-state index contributed by atoms with van der Waals surface area (Å²) in [4.78, 5) is 2.42. The molecule has 0 fully saturated rings. The fourth-order valence-corrected chi connectivity index (χ4v) is 3.14. The lowest BCUT2D eigenvalue weighted by atomic mass is 10.1. The van der Waals surface area contributed by atoms with Gasteiger partial charge in [-0.2, -0.15) is 0 Å². The topological polar surface area (TPSA) is 23.5 Å². The molecule has 0 saturated carbocycles. The summed E-state index contributed by atoms with van der Waals surface area (Å²) < 4.78 is 0. The first-order chi connectivity index (χ1) is 9.31. The van der Waals surface area contributed by atoms with E-state index in [9.17, 15) is 5.11 Å². The number of hydrogen-bond donors (Lipinski definition) is 1. The van der Waals surface area contributed by atoms with Crippen LogP contribution in [-0.2, 0) is 6.42 Å².